The first-order chi connectivity index (χ1) is 15.2. The molecule has 0 atom stereocenters. The molecule has 3 aromatic rings. The van der Waals surface area contributed by atoms with E-state index in [9.17, 15) is 8.42 Å². The topological polar surface area (TPSA) is 50.3 Å². The van der Waals surface area contributed by atoms with Crippen LogP contribution in [0.4, 0.5) is 5.13 Å². The molecule has 0 unspecified atom stereocenters. The van der Waals surface area contributed by atoms with Crippen LogP contribution >= 0.6 is 27.3 Å². The number of aryl methyl sites for hydroxylation is 2. The summed E-state index contributed by atoms with van der Waals surface area (Å²) in [5.41, 5.74) is 6.16. The van der Waals surface area contributed by atoms with Crippen molar-refractivity contribution in [1.29, 1.82) is 0 Å². The Balaban J connectivity index is 1.46. The van der Waals surface area contributed by atoms with E-state index < -0.39 is 9.84 Å². The van der Waals surface area contributed by atoms with Crippen LogP contribution in [0.5, 0.6) is 0 Å². The second-order valence-corrected chi connectivity index (χ2v) is 12.7. The van der Waals surface area contributed by atoms with E-state index in [4.69, 9.17) is 4.98 Å². The van der Waals surface area contributed by atoms with Crippen LogP contribution in [0.25, 0.3) is 0 Å². The molecule has 1 fully saturated rings. The van der Waals surface area contributed by atoms with Crippen molar-refractivity contribution in [2.75, 3.05) is 18.0 Å². The molecule has 0 N–H and O–H groups in total. The van der Waals surface area contributed by atoms with Crippen molar-refractivity contribution in [1.82, 2.24) is 4.98 Å². The summed E-state index contributed by atoms with van der Waals surface area (Å²) in [6.45, 7) is 9.31. The lowest BCUT2D eigenvalue weighted by atomic mass is 10.0. The van der Waals surface area contributed by atoms with Gasteiger partial charge in [-0.1, -0.05) is 34.1 Å². The maximum atomic E-state index is 13.6. The van der Waals surface area contributed by atoms with Crippen molar-refractivity contribution in [3.05, 3.63) is 73.7 Å². The molecule has 0 amide bonds. The zero-order valence-electron chi connectivity index (χ0n) is 19.0. The van der Waals surface area contributed by atoms with Crippen molar-refractivity contribution >= 4 is 42.2 Å². The van der Waals surface area contributed by atoms with Crippen molar-refractivity contribution in [3.8, 4) is 0 Å². The number of aromatic nitrogens is 1. The Morgan fingerprint density at radius 3 is 2.34 bits per heavy atom. The predicted octanol–water partition coefficient (Wildman–Crippen LogP) is 6.17. The van der Waals surface area contributed by atoms with Gasteiger partial charge in [-0.3, -0.25) is 0 Å². The highest BCUT2D eigenvalue weighted by Crippen LogP contribution is 2.34. The number of halogens is 1. The summed E-state index contributed by atoms with van der Waals surface area (Å²) >= 11 is 5.17. The molecule has 32 heavy (non-hydrogen) atoms. The number of rotatable bonds is 5. The Morgan fingerprint density at radius 1 is 1.06 bits per heavy atom. The normalized spacial score (nSPS) is 15.3. The third kappa shape index (κ3) is 4.66. The molecule has 4 nitrogen and oxygen atoms in total. The lowest BCUT2D eigenvalue weighted by molar-refractivity contribution is 0.528. The molecule has 1 aliphatic heterocycles. The molecule has 1 aliphatic rings. The Kier molecular flexibility index (Phi) is 6.80. The summed E-state index contributed by atoms with van der Waals surface area (Å²) < 4.78 is 28.2. The van der Waals surface area contributed by atoms with Crippen LogP contribution in [-0.4, -0.2) is 31.7 Å². The van der Waals surface area contributed by atoms with E-state index in [-0.39, 0.29) is 5.25 Å². The number of nitrogens with zero attached hydrogens (tertiary/aromatic N) is 2. The molecule has 0 radical (unpaired) electrons. The van der Waals surface area contributed by atoms with Gasteiger partial charge in [0.15, 0.2) is 15.0 Å². The van der Waals surface area contributed by atoms with E-state index in [0.29, 0.717) is 17.7 Å². The SMILES string of the molecule is Cc1cc(C)c(C)c(S(=O)(=O)C2CCN(c3nc(Cc4cccc(Br)c4)cs3)CC2)c1C. The maximum Gasteiger partial charge on any atom is 0.185 e. The number of hydrogen-bond donors (Lipinski definition) is 0. The molecular formula is C25H29BrN2O2S2. The number of anilines is 1. The lowest BCUT2D eigenvalue weighted by Crippen LogP contribution is -2.39. The first-order valence-electron chi connectivity index (χ1n) is 10.9. The fourth-order valence-corrected chi connectivity index (χ4v) is 8.18. The largest absolute Gasteiger partial charge is 0.348 e. The summed E-state index contributed by atoms with van der Waals surface area (Å²) in [4.78, 5) is 7.63. The molecule has 0 spiro atoms. The third-order valence-electron chi connectivity index (χ3n) is 6.55. The van der Waals surface area contributed by atoms with Gasteiger partial charge in [0.25, 0.3) is 0 Å². The van der Waals surface area contributed by atoms with Crippen molar-refractivity contribution < 1.29 is 8.42 Å². The number of benzene rings is 2. The van der Waals surface area contributed by atoms with Gasteiger partial charge in [-0.05, 0) is 80.5 Å². The maximum absolute atomic E-state index is 13.6. The van der Waals surface area contributed by atoms with Gasteiger partial charge in [0, 0.05) is 29.4 Å². The van der Waals surface area contributed by atoms with E-state index in [2.05, 4.69) is 44.4 Å². The van der Waals surface area contributed by atoms with Crippen molar-refractivity contribution in [3.63, 3.8) is 0 Å². The molecule has 170 valence electrons. The Morgan fingerprint density at radius 2 is 1.72 bits per heavy atom. The number of thiazole rings is 1. The van der Waals surface area contributed by atoms with E-state index in [1.165, 1.54) is 5.56 Å². The highest BCUT2D eigenvalue weighted by Gasteiger charge is 2.34. The first kappa shape index (κ1) is 23.5. The summed E-state index contributed by atoms with van der Waals surface area (Å²) in [5, 5.41) is 2.77. The van der Waals surface area contributed by atoms with Gasteiger partial charge >= 0.3 is 0 Å². The molecule has 2 aromatic carbocycles. The van der Waals surface area contributed by atoms with Gasteiger partial charge in [0.2, 0.25) is 0 Å². The molecule has 0 aliphatic carbocycles. The summed E-state index contributed by atoms with van der Waals surface area (Å²) in [6.07, 6.45) is 2.07. The van der Waals surface area contributed by atoms with Crippen LogP contribution in [0.2, 0.25) is 0 Å². The second kappa shape index (κ2) is 9.27. The van der Waals surface area contributed by atoms with E-state index >= 15 is 0 Å². The van der Waals surface area contributed by atoms with E-state index in [1.807, 2.05) is 39.8 Å². The minimum absolute atomic E-state index is 0.335. The molecular weight excluding hydrogens is 504 g/mol. The minimum Gasteiger partial charge on any atom is -0.348 e. The van der Waals surface area contributed by atoms with Crippen LogP contribution in [0, 0.1) is 27.7 Å². The fraction of sp³-hybridized carbons (Fsp3) is 0.400. The van der Waals surface area contributed by atoms with Crippen molar-refractivity contribution in [2.24, 2.45) is 0 Å². The third-order valence-corrected chi connectivity index (χ3v) is 10.5. The standard InChI is InChI=1S/C25H29BrN2O2S2/c1-16-12-17(2)19(4)24(18(16)3)32(29,30)23-8-10-28(11-9-23)25-27-22(15-31-25)14-20-6-5-7-21(26)13-20/h5-7,12-13,15,23H,8-11,14H2,1-4H3. The number of sulfone groups is 1. The van der Waals surface area contributed by atoms with Crippen LogP contribution in [-0.2, 0) is 16.3 Å². The fourth-order valence-electron chi connectivity index (χ4n) is 4.51. The summed E-state index contributed by atoms with van der Waals surface area (Å²) in [5.74, 6) is 0. The van der Waals surface area contributed by atoms with Gasteiger partial charge in [0.1, 0.15) is 0 Å². The average Bonchev–Trinajstić information content (AvgIpc) is 3.21. The highest BCUT2D eigenvalue weighted by atomic mass is 79.9. The van der Waals surface area contributed by atoms with E-state index in [0.717, 1.165) is 57.1 Å². The monoisotopic (exact) mass is 532 g/mol. The van der Waals surface area contributed by atoms with Crippen molar-refractivity contribution in [2.45, 2.75) is 57.1 Å². The molecule has 0 bridgehead atoms. The van der Waals surface area contributed by atoms with Gasteiger partial charge in [-0.25, -0.2) is 13.4 Å². The Bertz CT molecular complexity index is 1220. The Hall–Kier alpha value is -1.70. The minimum atomic E-state index is -3.36. The molecule has 1 aromatic heterocycles. The molecule has 1 saturated heterocycles. The van der Waals surface area contributed by atoms with Crippen LogP contribution in [0.3, 0.4) is 0 Å². The van der Waals surface area contributed by atoms with Gasteiger partial charge in [0.05, 0.1) is 15.8 Å². The predicted molar refractivity (Wildman–Crippen MR) is 137 cm³/mol. The van der Waals surface area contributed by atoms with Gasteiger partial charge < -0.3 is 4.90 Å². The summed E-state index contributed by atoms with van der Waals surface area (Å²) in [7, 11) is -3.36. The quantitative estimate of drug-likeness (QED) is 0.394. The lowest BCUT2D eigenvalue weighted by Gasteiger charge is -2.32. The molecule has 0 saturated carbocycles. The van der Waals surface area contributed by atoms with Crippen LogP contribution < -0.4 is 4.90 Å². The highest BCUT2D eigenvalue weighted by molar-refractivity contribution is 9.10. The van der Waals surface area contributed by atoms with E-state index in [1.54, 1.807) is 11.3 Å². The second-order valence-electron chi connectivity index (χ2n) is 8.75. The average molecular weight is 534 g/mol. The van der Waals surface area contributed by atoms with Crippen LogP contribution in [0.15, 0.2) is 45.1 Å². The van der Waals surface area contributed by atoms with Gasteiger partial charge in [-0.15, -0.1) is 11.3 Å². The van der Waals surface area contributed by atoms with Crippen LogP contribution in [0.1, 0.15) is 46.4 Å². The zero-order valence-corrected chi connectivity index (χ0v) is 22.2. The number of hydrogen-bond acceptors (Lipinski definition) is 5. The molecule has 7 heteroatoms. The first-order valence-corrected chi connectivity index (χ1v) is 14.1. The molecule has 4 rings (SSSR count). The van der Waals surface area contributed by atoms with Gasteiger partial charge in [-0.2, -0.15) is 0 Å². The summed E-state index contributed by atoms with van der Waals surface area (Å²) in [6, 6.07) is 10.4. The number of piperidine rings is 1. The smallest absolute Gasteiger partial charge is 0.185 e. The zero-order chi connectivity index (χ0) is 23.0. The molecule has 2 heterocycles. The Labute approximate surface area is 203 Å².